The Morgan fingerprint density at radius 2 is 1.77 bits per heavy atom. The van der Waals surface area contributed by atoms with Crippen LogP contribution in [0.5, 0.6) is 11.5 Å². The number of ether oxygens (including phenoxy) is 2. The van der Waals surface area contributed by atoms with Crippen molar-refractivity contribution in [2.75, 3.05) is 6.61 Å². The molecule has 0 fully saturated rings. The molecule has 2 heterocycles. The highest BCUT2D eigenvalue weighted by Gasteiger charge is 2.35. The van der Waals surface area contributed by atoms with Gasteiger partial charge in [0.2, 0.25) is 6.19 Å². The van der Waals surface area contributed by atoms with Gasteiger partial charge < -0.3 is 9.47 Å². The normalized spacial score (nSPS) is 20.4. The number of benzene rings is 3. The largest absolute Gasteiger partial charge is 0.493 e. The van der Waals surface area contributed by atoms with Gasteiger partial charge in [-0.15, -0.1) is 0 Å². The van der Waals surface area contributed by atoms with E-state index in [2.05, 4.69) is 17.1 Å². The van der Waals surface area contributed by atoms with Crippen molar-refractivity contribution in [1.29, 1.82) is 10.5 Å². The molecule has 5 heteroatoms. The molecule has 0 saturated heterocycles. The van der Waals surface area contributed by atoms with Gasteiger partial charge in [-0.05, 0) is 47.9 Å². The van der Waals surface area contributed by atoms with E-state index in [0.717, 1.165) is 45.9 Å². The van der Waals surface area contributed by atoms with Crippen LogP contribution in [0.15, 0.2) is 71.7 Å². The van der Waals surface area contributed by atoms with Gasteiger partial charge >= 0.3 is 0 Å². The molecule has 5 rings (SSSR count). The van der Waals surface area contributed by atoms with Crippen molar-refractivity contribution in [2.45, 2.75) is 24.9 Å². The van der Waals surface area contributed by atoms with Crippen molar-refractivity contribution in [3.63, 3.8) is 0 Å². The number of nitriles is 2. The van der Waals surface area contributed by atoms with E-state index in [1.165, 1.54) is 0 Å². The lowest BCUT2D eigenvalue weighted by atomic mass is 9.83. The SMILES string of the molecule is N#C/N=C1/CC(C2CCOc3ccccc32)Oc2ccc(-c3cccc(C#N)c3)cc21. The third-order valence-electron chi connectivity index (χ3n) is 5.93. The summed E-state index contributed by atoms with van der Waals surface area (Å²) in [5, 5.41) is 18.5. The maximum absolute atomic E-state index is 9.32. The monoisotopic (exact) mass is 405 g/mol. The summed E-state index contributed by atoms with van der Waals surface area (Å²) in [6.45, 7) is 0.646. The van der Waals surface area contributed by atoms with Gasteiger partial charge in [0.05, 0.1) is 24.0 Å². The van der Waals surface area contributed by atoms with Crippen LogP contribution in [0.25, 0.3) is 11.1 Å². The molecule has 0 aliphatic carbocycles. The average molecular weight is 405 g/mol. The smallest absolute Gasteiger partial charge is 0.205 e. The number of hydrogen-bond acceptors (Lipinski definition) is 5. The zero-order valence-corrected chi connectivity index (χ0v) is 16.8. The molecule has 2 aliphatic heterocycles. The summed E-state index contributed by atoms with van der Waals surface area (Å²) in [5.41, 5.74) is 5.21. The summed E-state index contributed by atoms with van der Waals surface area (Å²) in [5.74, 6) is 1.81. The van der Waals surface area contributed by atoms with E-state index >= 15 is 0 Å². The highest BCUT2D eigenvalue weighted by Crippen LogP contribution is 2.42. The van der Waals surface area contributed by atoms with Crippen molar-refractivity contribution in [3.8, 4) is 34.9 Å². The van der Waals surface area contributed by atoms with Crippen molar-refractivity contribution in [2.24, 2.45) is 4.99 Å². The maximum atomic E-state index is 9.32. The van der Waals surface area contributed by atoms with Gasteiger partial charge in [0.15, 0.2) is 0 Å². The summed E-state index contributed by atoms with van der Waals surface area (Å²) < 4.78 is 12.3. The first kappa shape index (κ1) is 18.9. The Labute approximate surface area is 180 Å². The summed E-state index contributed by atoms with van der Waals surface area (Å²) in [6.07, 6.45) is 3.26. The van der Waals surface area contributed by atoms with Gasteiger partial charge in [-0.25, -0.2) is 0 Å². The lowest BCUT2D eigenvalue weighted by Gasteiger charge is -2.36. The predicted molar refractivity (Wildman–Crippen MR) is 117 cm³/mol. The minimum Gasteiger partial charge on any atom is -0.493 e. The van der Waals surface area contributed by atoms with Crippen LogP contribution in [0.1, 0.15) is 35.4 Å². The third kappa shape index (κ3) is 3.52. The Morgan fingerprint density at radius 3 is 2.65 bits per heavy atom. The van der Waals surface area contributed by atoms with Gasteiger partial charge in [0, 0.05) is 23.5 Å². The van der Waals surface area contributed by atoms with E-state index < -0.39 is 0 Å². The molecule has 31 heavy (non-hydrogen) atoms. The maximum Gasteiger partial charge on any atom is 0.205 e. The van der Waals surface area contributed by atoms with Crippen LogP contribution in [-0.2, 0) is 0 Å². The number of nitrogens with zero attached hydrogens (tertiary/aromatic N) is 3. The average Bonchev–Trinajstić information content (AvgIpc) is 2.83. The zero-order valence-electron chi connectivity index (χ0n) is 16.8. The number of fused-ring (bicyclic) bond motifs is 2. The first-order valence-corrected chi connectivity index (χ1v) is 10.3. The molecule has 150 valence electrons. The van der Waals surface area contributed by atoms with Crippen LogP contribution in [0.3, 0.4) is 0 Å². The molecule has 0 amide bonds. The predicted octanol–water partition coefficient (Wildman–Crippen LogP) is 5.21. The van der Waals surface area contributed by atoms with Gasteiger partial charge in [-0.3, -0.25) is 0 Å². The Balaban J connectivity index is 1.52. The van der Waals surface area contributed by atoms with Crippen LogP contribution < -0.4 is 9.47 Å². The van der Waals surface area contributed by atoms with Crippen LogP contribution >= 0.6 is 0 Å². The quantitative estimate of drug-likeness (QED) is 0.548. The molecule has 0 aromatic heterocycles. The van der Waals surface area contributed by atoms with E-state index in [1.54, 1.807) is 6.07 Å². The van der Waals surface area contributed by atoms with Crippen molar-refractivity contribution in [3.05, 3.63) is 83.4 Å². The van der Waals surface area contributed by atoms with Crippen molar-refractivity contribution in [1.82, 2.24) is 0 Å². The lowest BCUT2D eigenvalue weighted by molar-refractivity contribution is 0.138. The Hall–Kier alpha value is -4.09. The topological polar surface area (TPSA) is 78.4 Å². The van der Waals surface area contributed by atoms with E-state index in [1.807, 2.05) is 60.8 Å². The van der Waals surface area contributed by atoms with Gasteiger partial charge in [-0.1, -0.05) is 36.4 Å². The van der Waals surface area contributed by atoms with E-state index in [9.17, 15) is 10.5 Å². The van der Waals surface area contributed by atoms with Crippen LogP contribution in [0, 0.1) is 22.8 Å². The standard InChI is InChI=1S/C26H19N3O2/c27-15-17-4-3-5-18(12-17)19-8-9-25-22(13-19)23(29-16-28)14-26(31-25)21-10-11-30-24-7-2-1-6-20(21)24/h1-9,12-13,21,26H,10-11,14H2/b29-23-. The summed E-state index contributed by atoms with van der Waals surface area (Å²) in [4.78, 5) is 4.15. The van der Waals surface area contributed by atoms with Crippen molar-refractivity contribution >= 4 is 5.71 Å². The number of aliphatic imine (C=N–C) groups is 1. The highest BCUT2D eigenvalue weighted by molar-refractivity contribution is 6.05. The van der Waals surface area contributed by atoms with Crippen LogP contribution in [0.2, 0.25) is 0 Å². The molecule has 3 aromatic carbocycles. The number of rotatable bonds is 2. The van der Waals surface area contributed by atoms with E-state index in [0.29, 0.717) is 18.6 Å². The summed E-state index contributed by atoms with van der Waals surface area (Å²) in [7, 11) is 0. The van der Waals surface area contributed by atoms with E-state index in [-0.39, 0.29) is 12.0 Å². The Bertz CT molecular complexity index is 1270. The molecular formula is C26H19N3O2. The second kappa shape index (κ2) is 7.97. The lowest BCUT2D eigenvalue weighted by Crippen LogP contribution is -2.35. The molecule has 0 spiro atoms. The second-order valence-corrected chi connectivity index (χ2v) is 7.70. The molecule has 0 radical (unpaired) electrons. The molecule has 5 nitrogen and oxygen atoms in total. The molecule has 0 N–H and O–H groups in total. The van der Waals surface area contributed by atoms with Crippen molar-refractivity contribution < 1.29 is 9.47 Å². The molecule has 0 saturated carbocycles. The van der Waals surface area contributed by atoms with Gasteiger partial charge in [0.25, 0.3) is 0 Å². The third-order valence-corrected chi connectivity index (χ3v) is 5.93. The number of para-hydroxylation sites is 1. The highest BCUT2D eigenvalue weighted by atomic mass is 16.5. The van der Waals surface area contributed by atoms with Crippen LogP contribution in [-0.4, -0.2) is 18.4 Å². The van der Waals surface area contributed by atoms with Gasteiger partial charge in [0.1, 0.15) is 17.6 Å². The Kier molecular flexibility index (Phi) is 4.86. The first-order chi connectivity index (χ1) is 15.3. The van der Waals surface area contributed by atoms with Gasteiger partial charge in [-0.2, -0.15) is 15.5 Å². The van der Waals surface area contributed by atoms with E-state index in [4.69, 9.17) is 9.47 Å². The fraction of sp³-hybridized carbons (Fsp3) is 0.192. The Morgan fingerprint density at radius 1 is 0.903 bits per heavy atom. The first-order valence-electron chi connectivity index (χ1n) is 10.3. The molecule has 0 bridgehead atoms. The molecule has 2 aliphatic rings. The summed E-state index contributed by atoms with van der Waals surface area (Å²) >= 11 is 0. The molecule has 2 atom stereocenters. The summed E-state index contributed by atoms with van der Waals surface area (Å²) in [6, 6.07) is 23.6. The minimum atomic E-state index is -0.114. The zero-order chi connectivity index (χ0) is 21.2. The molecular weight excluding hydrogens is 386 g/mol. The molecule has 2 unspecified atom stereocenters. The fourth-order valence-electron chi connectivity index (χ4n) is 4.46. The number of hydrogen-bond donors (Lipinski definition) is 0. The minimum absolute atomic E-state index is 0.114. The van der Waals surface area contributed by atoms with Crippen LogP contribution in [0.4, 0.5) is 0 Å². The molecule has 3 aromatic rings. The second-order valence-electron chi connectivity index (χ2n) is 7.70. The fourth-order valence-corrected chi connectivity index (χ4v) is 4.46.